The summed E-state index contributed by atoms with van der Waals surface area (Å²) in [6, 6.07) is 65.7. The van der Waals surface area contributed by atoms with Gasteiger partial charge in [-0.15, -0.1) is 0 Å². The van der Waals surface area contributed by atoms with Gasteiger partial charge in [-0.05, 0) is 116 Å². The summed E-state index contributed by atoms with van der Waals surface area (Å²) >= 11 is 0. The first-order chi connectivity index (χ1) is 29.4. The minimum absolute atomic E-state index is 0.739. The van der Waals surface area contributed by atoms with Crippen LogP contribution in [0.5, 0.6) is 0 Å². The average molecular weight is 771 g/mol. The lowest BCUT2D eigenvalue weighted by atomic mass is 9.93. The summed E-state index contributed by atoms with van der Waals surface area (Å²) in [7, 11) is 0. The molecule has 8 aromatic carbocycles. The second kappa shape index (κ2) is 14.1. The lowest BCUT2D eigenvalue weighted by Crippen LogP contribution is -1.99. The zero-order chi connectivity index (χ0) is 40.5. The summed E-state index contributed by atoms with van der Waals surface area (Å²) in [5, 5.41) is 5.02. The fraction of sp³-hybridized carbons (Fsp3) is 0.0714. The van der Waals surface area contributed by atoms with Crippen LogP contribution in [0.15, 0.2) is 182 Å². The zero-order valence-electron chi connectivity index (χ0n) is 34.1. The molecule has 0 aliphatic rings. The van der Waals surface area contributed by atoms with Gasteiger partial charge in [0.25, 0.3) is 0 Å². The van der Waals surface area contributed by atoms with Gasteiger partial charge in [-0.2, -0.15) is 0 Å². The first kappa shape index (κ1) is 35.6. The van der Waals surface area contributed by atoms with E-state index in [0.29, 0.717) is 0 Å². The highest BCUT2D eigenvalue weighted by Gasteiger charge is 2.19. The molecule has 0 atom stereocenters. The van der Waals surface area contributed by atoms with Crippen LogP contribution in [0.1, 0.15) is 22.3 Å². The van der Waals surface area contributed by atoms with Crippen molar-refractivity contribution >= 4 is 43.6 Å². The van der Waals surface area contributed by atoms with Crippen LogP contribution in [0.25, 0.3) is 100 Å². The molecule has 0 bridgehead atoms. The number of benzene rings is 8. The topological polar surface area (TPSA) is 35.6 Å². The van der Waals surface area contributed by atoms with Crippen molar-refractivity contribution in [2.24, 2.45) is 0 Å². The molecule has 0 aliphatic heterocycles. The Bertz CT molecular complexity index is 3330. The van der Waals surface area contributed by atoms with Crippen molar-refractivity contribution < 1.29 is 0 Å². The summed E-state index contributed by atoms with van der Waals surface area (Å²) in [5.41, 5.74) is 19.4. The maximum absolute atomic E-state index is 5.15. The molecular weight excluding hydrogens is 729 g/mol. The van der Waals surface area contributed by atoms with E-state index in [1.165, 1.54) is 71.4 Å². The van der Waals surface area contributed by atoms with E-state index in [1.54, 1.807) is 0 Å². The summed E-state index contributed by atoms with van der Waals surface area (Å²) in [6.07, 6.45) is 0. The summed E-state index contributed by atoms with van der Waals surface area (Å²) in [4.78, 5) is 10.2. The van der Waals surface area contributed by atoms with Crippen molar-refractivity contribution in [1.29, 1.82) is 0 Å². The minimum atomic E-state index is 0.739. The number of fused-ring (bicyclic) bond motifs is 6. The lowest BCUT2D eigenvalue weighted by Gasteiger charge is -2.16. The number of nitrogens with zero attached hydrogens (tertiary/aromatic N) is 4. The molecule has 0 spiro atoms. The Kier molecular flexibility index (Phi) is 8.35. The highest BCUT2D eigenvalue weighted by Crippen LogP contribution is 2.39. The average Bonchev–Trinajstić information content (AvgIpc) is 3.79. The van der Waals surface area contributed by atoms with E-state index in [1.807, 2.05) is 0 Å². The van der Waals surface area contributed by atoms with Gasteiger partial charge < -0.3 is 9.13 Å². The van der Waals surface area contributed by atoms with Crippen molar-refractivity contribution in [1.82, 2.24) is 19.1 Å². The van der Waals surface area contributed by atoms with Crippen molar-refractivity contribution in [3.8, 4) is 56.4 Å². The molecule has 0 fully saturated rings. The standard InChI is InChI=1S/C56H42N4/c1-35-15-5-7-17-43(35)50-34-49(57-56(58-50)44-18-8-6-16-36(44)2)39-25-27-40(28-26-39)55-37(3)31-42(32-38(55)4)60-53-24-14-11-21-47(53)48-33-41(29-30-54(48)60)59-51-22-12-9-19-45(51)46-20-10-13-23-52(46)59/h5-34H,1-4H3. The second-order valence-electron chi connectivity index (χ2n) is 16.0. The Morgan fingerprint density at radius 2 is 0.800 bits per heavy atom. The van der Waals surface area contributed by atoms with Crippen LogP contribution in [0.2, 0.25) is 0 Å². The first-order valence-electron chi connectivity index (χ1n) is 20.7. The molecule has 0 aliphatic carbocycles. The normalized spacial score (nSPS) is 11.7. The van der Waals surface area contributed by atoms with E-state index in [-0.39, 0.29) is 0 Å². The molecule has 11 aromatic rings. The molecule has 11 rings (SSSR count). The van der Waals surface area contributed by atoms with Gasteiger partial charge in [-0.25, -0.2) is 9.97 Å². The molecule has 0 saturated carbocycles. The smallest absolute Gasteiger partial charge is 0.160 e. The van der Waals surface area contributed by atoms with Crippen molar-refractivity contribution in [2.75, 3.05) is 0 Å². The SMILES string of the molecule is Cc1ccccc1-c1cc(-c2ccc(-c3c(C)cc(-n4c5ccccc5c5cc(-n6c7ccccc7c7ccccc76)ccc54)cc3C)cc2)nc(-c2ccccc2C)n1. The Hall–Kier alpha value is -7.56. The van der Waals surface area contributed by atoms with Crippen LogP contribution in [0.3, 0.4) is 0 Å². The number of rotatable bonds is 6. The van der Waals surface area contributed by atoms with Gasteiger partial charge in [0.1, 0.15) is 0 Å². The van der Waals surface area contributed by atoms with Gasteiger partial charge in [0.2, 0.25) is 0 Å². The molecule has 4 nitrogen and oxygen atoms in total. The van der Waals surface area contributed by atoms with Crippen molar-refractivity contribution in [3.63, 3.8) is 0 Å². The van der Waals surface area contributed by atoms with Gasteiger partial charge in [0.15, 0.2) is 5.82 Å². The van der Waals surface area contributed by atoms with Gasteiger partial charge in [0.05, 0.1) is 33.5 Å². The lowest BCUT2D eigenvalue weighted by molar-refractivity contribution is 1.15. The van der Waals surface area contributed by atoms with Crippen molar-refractivity contribution in [2.45, 2.75) is 27.7 Å². The number of aromatic nitrogens is 4. The predicted molar refractivity (Wildman–Crippen MR) is 251 cm³/mol. The largest absolute Gasteiger partial charge is 0.309 e. The number of para-hydroxylation sites is 3. The van der Waals surface area contributed by atoms with E-state index in [4.69, 9.17) is 9.97 Å². The fourth-order valence-electron chi connectivity index (χ4n) is 9.45. The Balaban J connectivity index is 0.991. The molecule has 3 aromatic heterocycles. The third kappa shape index (κ3) is 5.75. The highest BCUT2D eigenvalue weighted by molar-refractivity contribution is 6.12. The monoisotopic (exact) mass is 770 g/mol. The van der Waals surface area contributed by atoms with E-state index in [0.717, 1.165) is 50.8 Å². The number of hydrogen-bond acceptors (Lipinski definition) is 2. The third-order valence-electron chi connectivity index (χ3n) is 12.3. The van der Waals surface area contributed by atoms with Crippen LogP contribution in [0.4, 0.5) is 0 Å². The van der Waals surface area contributed by atoms with Gasteiger partial charge in [0, 0.05) is 49.6 Å². The molecule has 0 radical (unpaired) electrons. The number of aryl methyl sites for hydroxylation is 4. The quantitative estimate of drug-likeness (QED) is 0.169. The van der Waals surface area contributed by atoms with Crippen LogP contribution in [0, 0.1) is 27.7 Å². The van der Waals surface area contributed by atoms with E-state index in [2.05, 4.69) is 219 Å². The minimum Gasteiger partial charge on any atom is -0.309 e. The molecule has 60 heavy (non-hydrogen) atoms. The molecule has 0 N–H and O–H groups in total. The highest BCUT2D eigenvalue weighted by atomic mass is 15.0. The van der Waals surface area contributed by atoms with Crippen molar-refractivity contribution in [3.05, 3.63) is 204 Å². The Labute approximate surface area is 349 Å². The summed E-state index contributed by atoms with van der Waals surface area (Å²) in [6.45, 7) is 8.73. The van der Waals surface area contributed by atoms with Gasteiger partial charge in [-0.3, -0.25) is 0 Å². The maximum Gasteiger partial charge on any atom is 0.160 e. The van der Waals surface area contributed by atoms with Crippen LogP contribution >= 0.6 is 0 Å². The van der Waals surface area contributed by atoms with Crippen LogP contribution < -0.4 is 0 Å². The summed E-state index contributed by atoms with van der Waals surface area (Å²) < 4.78 is 4.84. The Morgan fingerprint density at radius 3 is 1.40 bits per heavy atom. The number of hydrogen-bond donors (Lipinski definition) is 0. The van der Waals surface area contributed by atoms with E-state index in [9.17, 15) is 0 Å². The molecular formula is C56H42N4. The van der Waals surface area contributed by atoms with E-state index >= 15 is 0 Å². The zero-order valence-corrected chi connectivity index (χ0v) is 34.1. The first-order valence-corrected chi connectivity index (χ1v) is 20.7. The molecule has 0 amide bonds. The molecule has 4 heteroatoms. The Morgan fingerprint density at radius 1 is 0.333 bits per heavy atom. The molecule has 0 unspecified atom stereocenters. The third-order valence-corrected chi connectivity index (χ3v) is 12.3. The van der Waals surface area contributed by atoms with E-state index < -0.39 is 0 Å². The van der Waals surface area contributed by atoms with Gasteiger partial charge in [-0.1, -0.05) is 127 Å². The summed E-state index contributed by atoms with van der Waals surface area (Å²) in [5.74, 6) is 0.739. The van der Waals surface area contributed by atoms with Crippen LogP contribution in [-0.4, -0.2) is 19.1 Å². The van der Waals surface area contributed by atoms with Gasteiger partial charge >= 0.3 is 0 Å². The van der Waals surface area contributed by atoms with Crippen LogP contribution in [-0.2, 0) is 0 Å². The molecule has 3 heterocycles. The maximum atomic E-state index is 5.15. The second-order valence-corrected chi connectivity index (χ2v) is 16.0. The molecule has 286 valence electrons. The predicted octanol–water partition coefficient (Wildman–Crippen LogP) is 14.6. The fourth-order valence-corrected chi connectivity index (χ4v) is 9.45. The molecule has 0 saturated heterocycles.